The van der Waals surface area contributed by atoms with Gasteiger partial charge in [-0.1, -0.05) is 6.07 Å². The summed E-state index contributed by atoms with van der Waals surface area (Å²) >= 11 is 0. The molecule has 1 aromatic rings. The molecule has 0 radical (unpaired) electrons. The van der Waals surface area contributed by atoms with Crippen LogP contribution in [0.15, 0.2) is 24.3 Å². The molecular weight excluding hydrogens is 252 g/mol. The van der Waals surface area contributed by atoms with E-state index in [-0.39, 0.29) is 12.5 Å². The van der Waals surface area contributed by atoms with Gasteiger partial charge in [-0.05, 0) is 18.6 Å². The van der Waals surface area contributed by atoms with E-state index in [2.05, 4.69) is 5.32 Å². The van der Waals surface area contributed by atoms with Crippen molar-refractivity contribution < 1.29 is 13.7 Å². The zero-order valence-electron chi connectivity index (χ0n) is 10.3. The number of carbonyl (C=O) groups is 1. The molecule has 0 spiro atoms. The molecule has 100 valence electrons. The van der Waals surface area contributed by atoms with Crippen molar-refractivity contribution in [3.05, 3.63) is 24.3 Å². The van der Waals surface area contributed by atoms with Crippen molar-refractivity contribution in [2.24, 2.45) is 0 Å². The first-order valence-corrected chi connectivity index (χ1v) is 7.35. The maximum Gasteiger partial charge on any atom is 0.257 e. The van der Waals surface area contributed by atoms with E-state index in [1.807, 2.05) is 0 Å². The minimum atomic E-state index is -0.813. The molecule has 0 saturated heterocycles. The minimum Gasteiger partial charge on any atom is -0.484 e. The van der Waals surface area contributed by atoms with Crippen LogP contribution in [0, 0.1) is 0 Å². The third-order valence-electron chi connectivity index (χ3n) is 2.16. The molecule has 0 aromatic heterocycles. The third kappa shape index (κ3) is 6.24. The molecule has 6 heteroatoms. The Morgan fingerprint density at radius 3 is 2.94 bits per heavy atom. The largest absolute Gasteiger partial charge is 0.484 e. The Hall–Kier alpha value is -1.56. The number of hydrogen-bond donors (Lipinski definition) is 2. The molecule has 0 aliphatic heterocycles. The highest BCUT2D eigenvalue weighted by Gasteiger charge is 2.02. The molecule has 0 heterocycles. The van der Waals surface area contributed by atoms with Crippen LogP contribution in [0.25, 0.3) is 0 Å². The fourth-order valence-electron chi connectivity index (χ4n) is 1.31. The van der Waals surface area contributed by atoms with Crippen molar-refractivity contribution in [1.29, 1.82) is 0 Å². The lowest BCUT2D eigenvalue weighted by Gasteiger charge is -2.07. The van der Waals surface area contributed by atoms with E-state index in [4.69, 9.17) is 10.5 Å². The van der Waals surface area contributed by atoms with Gasteiger partial charge in [0, 0.05) is 41.1 Å². The van der Waals surface area contributed by atoms with Crippen molar-refractivity contribution in [2.45, 2.75) is 6.42 Å². The molecule has 1 atom stereocenters. The van der Waals surface area contributed by atoms with Crippen molar-refractivity contribution in [2.75, 3.05) is 30.9 Å². The van der Waals surface area contributed by atoms with E-state index in [9.17, 15) is 9.00 Å². The molecule has 1 unspecified atom stereocenters. The molecule has 18 heavy (non-hydrogen) atoms. The van der Waals surface area contributed by atoms with Crippen molar-refractivity contribution >= 4 is 22.4 Å². The fourth-order valence-corrected chi connectivity index (χ4v) is 1.86. The van der Waals surface area contributed by atoms with Gasteiger partial charge in [-0.2, -0.15) is 0 Å². The molecule has 0 saturated carbocycles. The molecule has 5 nitrogen and oxygen atoms in total. The SMILES string of the molecule is CS(=O)CCCNC(=O)COc1cccc(N)c1. The van der Waals surface area contributed by atoms with Gasteiger partial charge in [0.2, 0.25) is 0 Å². The summed E-state index contributed by atoms with van der Waals surface area (Å²) in [6.07, 6.45) is 2.35. The lowest BCUT2D eigenvalue weighted by molar-refractivity contribution is -0.123. The van der Waals surface area contributed by atoms with Gasteiger partial charge in [-0.25, -0.2) is 0 Å². The Morgan fingerprint density at radius 1 is 1.50 bits per heavy atom. The zero-order valence-corrected chi connectivity index (χ0v) is 11.2. The summed E-state index contributed by atoms with van der Waals surface area (Å²) < 4.78 is 16.1. The predicted molar refractivity (Wildman–Crippen MR) is 72.9 cm³/mol. The van der Waals surface area contributed by atoms with Crippen molar-refractivity contribution in [1.82, 2.24) is 5.32 Å². The topological polar surface area (TPSA) is 81.4 Å². The van der Waals surface area contributed by atoms with Crippen LogP contribution in [-0.2, 0) is 15.6 Å². The van der Waals surface area contributed by atoms with Gasteiger partial charge in [0.25, 0.3) is 5.91 Å². The number of nitrogens with two attached hydrogens (primary N) is 1. The van der Waals surface area contributed by atoms with Gasteiger partial charge in [0.05, 0.1) is 0 Å². The highest BCUT2D eigenvalue weighted by Crippen LogP contribution is 2.13. The number of nitrogens with one attached hydrogen (secondary N) is 1. The first kappa shape index (κ1) is 14.5. The van der Waals surface area contributed by atoms with Crippen LogP contribution >= 0.6 is 0 Å². The Kier molecular flexibility index (Phi) is 6.21. The number of ether oxygens (including phenoxy) is 1. The van der Waals surface area contributed by atoms with Crippen LogP contribution in [0.1, 0.15) is 6.42 Å². The first-order valence-electron chi connectivity index (χ1n) is 5.63. The smallest absolute Gasteiger partial charge is 0.257 e. The van der Waals surface area contributed by atoms with Crippen molar-refractivity contribution in [3.63, 3.8) is 0 Å². The van der Waals surface area contributed by atoms with Crippen LogP contribution < -0.4 is 15.8 Å². The number of hydrogen-bond acceptors (Lipinski definition) is 4. The van der Waals surface area contributed by atoms with Crippen LogP contribution in [0.5, 0.6) is 5.75 Å². The fraction of sp³-hybridized carbons (Fsp3) is 0.417. The number of benzene rings is 1. The first-order chi connectivity index (χ1) is 8.58. The number of anilines is 1. The maximum atomic E-state index is 11.4. The minimum absolute atomic E-state index is 0.0430. The Morgan fingerprint density at radius 2 is 2.28 bits per heavy atom. The molecule has 1 rings (SSSR count). The molecular formula is C12H18N2O3S. The summed E-state index contributed by atoms with van der Waals surface area (Å²) in [4.78, 5) is 11.4. The van der Waals surface area contributed by atoms with E-state index in [0.717, 1.165) is 0 Å². The number of nitrogen functional groups attached to an aromatic ring is 1. The average molecular weight is 270 g/mol. The van der Waals surface area contributed by atoms with E-state index in [1.54, 1.807) is 30.5 Å². The monoisotopic (exact) mass is 270 g/mol. The second-order valence-electron chi connectivity index (χ2n) is 3.84. The summed E-state index contributed by atoms with van der Waals surface area (Å²) in [6, 6.07) is 6.91. The summed E-state index contributed by atoms with van der Waals surface area (Å²) in [5.41, 5.74) is 6.18. The lowest BCUT2D eigenvalue weighted by Crippen LogP contribution is -2.30. The maximum absolute atomic E-state index is 11.4. The highest BCUT2D eigenvalue weighted by atomic mass is 32.2. The highest BCUT2D eigenvalue weighted by molar-refractivity contribution is 7.84. The van der Waals surface area contributed by atoms with Gasteiger partial charge in [-0.15, -0.1) is 0 Å². The predicted octanol–water partition coefficient (Wildman–Crippen LogP) is 0.532. The Bertz CT molecular complexity index is 424. The molecule has 0 bridgehead atoms. The zero-order chi connectivity index (χ0) is 13.4. The average Bonchev–Trinajstić information content (AvgIpc) is 2.32. The molecule has 1 aromatic carbocycles. The third-order valence-corrected chi connectivity index (χ3v) is 3.02. The number of rotatable bonds is 7. The van der Waals surface area contributed by atoms with Crippen LogP contribution in [0.2, 0.25) is 0 Å². The van der Waals surface area contributed by atoms with E-state index in [0.29, 0.717) is 30.2 Å². The molecule has 3 N–H and O–H groups in total. The van der Waals surface area contributed by atoms with Crippen molar-refractivity contribution in [3.8, 4) is 5.75 Å². The standard InChI is InChI=1S/C12H18N2O3S/c1-18(16)7-3-6-14-12(15)9-17-11-5-2-4-10(13)8-11/h2,4-5,8H,3,6-7,9,13H2,1H3,(H,14,15). The van der Waals surface area contributed by atoms with Crippen LogP contribution in [0.4, 0.5) is 5.69 Å². The molecule has 1 amide bonds. The van der Waals surface area contributed by atoms with Gasteiger partial charge < -0.3 is 15.8 Å². The lowest BCUT2D eigenvalue weighted by atomic mass is 10.3. The quantitative estimate of drug-likeness (QED) is 0.559. The van der Waals surface area contributed by atoms with Gasteiger partial charge in [0.1, 0.15) is 5.75 Å². The van der Waals surface area contributed by atoms with E-state index in [1.165, 1.54) is 0 Å². The number of carbonyl (C=O) groups excluding carboxylic acids is 1. The van der Waals surface area contributed by atoms with Gasteiger partial charge in [-0.3, -0.25) is 9.00 Å². The van der Waals surface area contributed by atoms with Crippen LogP contribution in [0.3, 0.4) is 0 Å². The Balaban J connectivity index is 2.19. The summed E-state index contributed by atoms with van der Waals surface area (Å²) in [6.45, 7) is 0.470. The number of amides is 1. The van der Waals surface area contributed by atoms with Gasteiger partial charge in [0.15, 0.2) is 6.61 Å². The summed E-state index contributed by atoms with van der Waals surface area (Å²) in [7, 11) is -0.813. The van der Waals surface area contributed by atoms with Gasteiger partial charge >= 0.3 is 0 Å². The molecule has 0 aliphatic carbocycles. The van der Waals surface area contributed by atoms with E-state index < -0.39 is 10.8 Å². The normalized spacial score (nSPS) is 11.8. The molecule has 0 fully saturated rings. The summed E-state index contributed by atoms with van der Waals surface area (Å²) in [5.74, 6) is 0.968. The van der Waals surface area contributed by atoms with E-state index >= 15 is 0 Å². The summed E-state index contributed by atoms with van der Waals surface area (Å²) in [5, 5.41) is 2.69. The Labute approximate surface area is 109 Å². The second kappa shape index (κ2) is 7.71. The van der Waals surface area contributed by atoms with Crippen LogP contribution in [-0.4, -0.2) is 35.3 Å². The second-order valence-corrected chi connectivity index (χ2v) is 5.40. The molecule has 0 aliphatic rings.